The Hall–Kier alpha value is -3.36. The summed E-state index contributed by atoms with van der Waals surface area (Å²) in [6.07, 6.45) is 44.8. The minimum Gasteiger partial charge on any atom is -0.508 e. The molecular weight excluding hydrogens is 909 g/mol. The normalized spacial score (nSPS) is 10.5. The lowest BCUT2D eigenvalue weighted by atomic mass is 10.0. The van der Waals surface area contributed by atoms with Gasteiger partial charge in [0, 0.05) is 6.61 Å². The van der Waals surface area contributed by atoms with Crippen LogP contribution in [0.2, 0.25) is 0 Å². The first-order valence-corrected chi connectivity index (χ1v) is 30.3. The number of unbranched alkanes of at least 4 members (excludes halogenated alkanes) is 28. The summed E-state index contributed by atoms with van der Waals surface area (Å²) in [5.74, 6) is 1.47. The largest absolute Gasteiger partial charge is 0.508 e. The van der Waals surface area contributed by atoms with Crippen molar-refractivity contribution in [1.29, 1.82) is 0 Å². The van der Waals surface area contributed by atoms with E-state index in [9.17, 15) is 14.7 Å². The van der Waals surface area contributed by atoms with E-state index in [-0.39, 0.29) is 24.3 Å². The summed E-state index contributed by atoms with van der Waals surface area (Å²) in [5.41, 5.74) is 1.02. The summed E-state index contributed by atoms with van der Waals surface area (Å²) in [4.78, 5) is 23.9. The number of allylic oxidation sites excluding steroid dienone is 1. The van der Waals surface area contributed by atoms with Gasteiger partial charge >= 0.3 is 11.9 Å². The predicted octanol–water partition coefficient (Wildman–Crippen LogP) is 20.3. The van der Waals surface area contributed by atoms with Gasteiger partial charge in [0.05, 0.1) is 36.7 Å². The molecule has 2 aromatic carbocycles. The molecule has 0 fully saturated rings. The van der Waals surface area contributed by atoms with E-state index >= 15 is 0 Å². The summed E-state index contributed by atoms with van der Waals surface area (Å²) in [6.45, 7) is 24.2. The first-order valence-electron chi connectivity index (χ1n) is 30.3. The van der Waals surface area contributed by atoms with Crippen LogP contribution in [0, 0.1) is 5.92 Å². The lowest BCUT2D eigenvalue weighted by molar-refractivity contribution is 0.0488. The van der Waals surface area contributed by atoms with Gasteiger partial charge in [-0.2, -0.15) is 0 Å². The fourth-order valence-corrected chi connectivity index (χ4v) is 7.31. The van der Waals surface area contributed by atoms with E-state index < -0.39 is 0 Å². The van der Waals surface area contributed by atoms with Crippen LogP contribution in [-0.2, 0) is 9.47 Å². The molecule has 2 rings (SSSR count). The van der Waals surface area contributed by atoms with Crippen LogP contribution in [0.25, 0.3) is 0 Å². The number of esters is 2. The monoisotopic (exact) mass is 1030 g/mol. The second-order valence-corrected chi connectivity index (χ2v) is 19.7. The van der Waals surface area contributed by atoms with Crippen LogP contribution in [0.3, 0.4) is 0 Å². The van der Waals surface area contributed by atoms with Gasteiger partial charge in [0.15, 0.2) is 0 Å². The van der Waals surface area contributed by atoms with E-state index in [1.54, 1.807) is 49.4 Å². The molecule has 428 valence electrons. The van der Waals surface area contributed by atoms with Crippen molar-refractivity contribution < 1.29 is 39.1 Å². The maximum Gasteiger partial charge on any atom is 0.338 e. The molecule has 0 atom stereocenters. The number of carbonyl (C=O) groups is 2. The van der Waals surface area contributed by atoms with Crippen LogP contribution < -0.4 is 4.74 Å². The minimum absolute atomic E-state index is 0.0599. The Bertz CT molecular complexity index is 1390. The second-order valence-electron chi connectivity index (χ2n) is 19.7. The Balaban J connectivity index is -0.000000526. The van der Waals surface area contributed by atoms with E-state index in [0.717, 1.165) is 32.1 Å². The first kappa shape index (κ1) is 76.2. The van der Waals surface area contributed by atoms with Crippen LogP contribution >= 0.6 is 0 Å². The van der Waals surface area contributed by atoms with Crippen molar-refractivity contribution in [2.45, 2.75) is 288 Å². The summed E-state index contributed by atoms with van der Waals surface area (Å²) >= 11 is 0. The van der Waals surface area contributed by atoms with Gasteiger partial charge in [0.1, 0.15) is 11.5 Å². The molecule has 0 heterocycles. The minimum atomic E-state index is -0.306. The molecule has 0 aliphatic carbocycles. The van der Waals surface area contributed by atoms with Crippen molar-refractivity contribution in [3.05, 3.63) is 71.5 Å². The third kappa shape index (κ3) is 61.1. The highest BCUT2D eigenvalue weighted by atomic mass is 16.5. The Kier molecular flexibility index (Phi) is 67.5. The Labute approximate surface area is 452 Å². The van der Waals surface area contributed by atoms with E-state index in [2.05, 4.69) is 55.4 Å². The van der Waals surface area contributed by atoms with E-state index in [0.29, 0.717) is 48.4 Å². The molecule has 0 radical (unpaired) electrons. The van der Waals surface area contributed by atoms with Crippen molar-refractivity contribution in [2.75, 3.05) is 26.4 Å². The van der Waals surface area contributed by atoms with E-state index in [1.807, 2.05) is 13.8 Å². The van der Waals surface area contributed by atoms with Gasteiger partial charge in [-0.1, -0.05) is 262 Å². The number of aliphatic hydroxyl groups is 2. The first-order chi connectivity index (χ1) is 35.5. The summed E-state index contributed by atoms with van der Waals surface area (Å²) in [7, 11) is 0. The maximum absolute atomic E-state index is 12.1. The number of carbonyl (C=O) groups excluding carboxylic acids is 2. The number of aromatic hydroxyl groups is 1. The highest BCUT2D eigenvalue weighted by molar-refractivity contribution is 5.90. The lowest BCUT2D eigenvalue weighted by Gasteiger charge is -2.08. The molecule has 0 saturated carbocycles. The zero-order chi connectivity index (χ0) is 55.3. The quantitative estimate of drug-likeness (QED) is 0.0344. The van der Waals surface area contributed by atoms with Crippen molar-refractivity contribution in [2.24, 2.45) is 5.92 Å². The molecule has 0 aliphatic rings. The molecule has 0 amide bonds. The zero-order valence-electron chi connectivity index (χ0n) is 49.8. The molecular formula is C65H120O8. The number of aliphatic hydroxyl groups excluding tert-OH is 2. The molecule has 73 heavy (non-hydrogen) atoms. The van der Waals surface area contributed by atoms with Crippen LogP contribution in [0.1, 0.15) is 309 Å². The van der Waals surface area contributed by atoms with Gasteiger partial charge < -0.3 is 29.5 Å². The number of benzene rings is 2. The van der Waals surface area contributed by atoms with Crippen molar-refractivity contribution >= 4 is 11.9 Å². The van der Waals surface area contributed by atoms with Crippen molar-refractivity contribution in [3.63, 3.8) is 0 Å². The average molecular weight is 1030 g/mol. The average Bonchev–Trinajstić information content (AvgIpc) is 3.38. The van der Waals surface area contributed by atoms with E-state index in [4.69, 9.17) is 24.4 Å². The number of hydrogen-bond acceptors (Lipinski definition) is 8. The maximum atomic E-state index is 12.1. The molecule has 0 aliphatic heterocycles. The van der Waals surface area contributed by atoms with Crippen molar-refractivity contribution in [3.8, 4) is 11.5 Å². The van der Waals surface area contributed by atoms with Gasteiger partial charge in [0.25, 0.3) is 0 Å². The van der Waals surface area contributed by atoms with Crippen LogP contribution in [0.15, 0.2) is 60.4 Å². The highest BCUT2D eigenvalue weighted by Gasteiger charge is 2.08. The molecule has 0 spiro atoms. The predicted molar refractivity (Wildman–Crippen MR) is 316 cm³/mol. The van der Waals surface area contributed by atoms with Gasteiger partial charge in [-0.15, -0.1) is 0 Å². The van der Waals surface area contributed by atoms with Gasteiger partial charge in [-0.3, -0.25) is 0 Å². The van der Waals surface area contributed by atoms with E-state index in [1.165, 1.54) is 192 Å². The highest BCUT2D eigenvalue weighted by Crippen LogP contribution is 2.18. The number of phenolic OH excluding ortho intramolecular Hbond substituents is 1. The van der Waals surface area contributed by atoms with Crippen LogP contribution in [0.4, 0.5) is 0 Å². The molecule has 8 nitrogen and oxygen atoms in total. The molecule has 0 aromatic heterocycles. The molecule has 2 aromatic rings. The fourth-order valence-electron chi connectivity index (χ4n) is 7.31. The zero-order valence-corrected chi connectivity index (χ0v) is 49.8. The lowest BCUT2D eigenvalue weighted by Crippen LogP contribution is -2.06. The topological polar surface area (TPSA) is 123 Å². The smallest absolute Gasteiger partial charge is 0.338 e. The second kappa shape index (κ2) is 64.8. The van der Waals surface area contributed by atoms with Crippen molar-refractivity contribution in [1.82, 2.24) is 0 Å². The standard InChI is InChI=1S/C29H48O4.C23H38O3.C5H12O.2C3H8.C2H6/c1-3-4-5-6-7-8-9-10-11-12-13-14-15-16-17-18-25-32-29(31)27-19-21-28(22-20-27)33-26(2)23-24-30;1-2-3-4-5-6-7-8-9-10-11-12-13-14-15-20-26-23(25)21-16-18-22(24)19-17-21;1-5(2)3-4-6;2*1-3-2;1-2/h19-23,30H,3-18,24-25H2,1-2H3;16-19,24H,2-15,20H2,1H3;5-6H,3-4H2,1-2H3;2*3H2,1-2H3;1-2H3. The van der Waals surface area contributed by atoms with Crippen LogP contribution in [0.5, 0.6) is 11.5 Å². The van der Waals surface area contributed by atoms with Gasteiger partial charge in [-0.25, -0.2) is 9.59 Å². The molecule has 3 N–H and O–H groups in total. The molecule has 0 unspecified atom stereocenters. The third-order valence-corrected chi connectivity index (χ3v) is 11.5. The SMILES string of the molecule is CC.CC(C)CCO.CCC.CCC.CCCCCCCCCCCCCCCCCCOC(=O)c1ccc(OC(C)=CCO)cc1.CCCCCCCCCCCCCCCCOC(=O)c1ccc(O)cc1. The number of rotatable bonds is 39. The Morgan fingerprint density at radius 3 is 0.986 bits per heavy atom. The molecule has 8 heteroatoms. The number of ether oxygens (including phenoxy) is 3. The summed E-state index contributed by atoms with van der Waals surface area (Å²) < 4.78 is 16.2. The summed E-state index contributed by atoms with van der Waals surface area (Å²) in [6, 6.07) is 13.1. The number of phenols is 1. The number of hydrogen-bond donors (Lipinski definition) is 3. The molecule has 0 bridgehead atoms. The van der Waals surface area contributed by atoms with Crippen LogP contribution in [-0.4, -0.2) is 53.7 Å². The van der Waals surface area contributed by atoms with Gasteiger partial charge in [0.2, 0.25) is 0 Å². The molecule has 0 saturated heterocycles. The Morgan fingerprint density at radius 2 is 0.740 bits per heavy atom. The Morgan fingerprint density at radius 1 is 0.466 bits per heavy atom. The fraction of sp³-hybridized carbons (Fsp3) is 0.754. The third-order valence-electron chi connectivity index (χ3n) is 11.5. The summed E-state index contributed by atoms with van der Waals surface area (Å²) in [5, 5.41) is 26.3. The van der Waals surface area contributed by atoms with Gasteiger partial charge in [-0.05, 0) is 86.7 Å².